The van der Waals surface area contributed by atoms with Crippen molar-refractivity contribution in [2.75, 3.05) is 76.1 Å². The Morgan fingerprint density at radius 1 is 0.486 bits per heavy atom. The molecule has 109 heavy (non-hydrogen) atoms. The number of ether oxygens (including phenoxy) is 1. The summed E-state index contributed by atoms with van der Waals surface area (Å²) < 4.78 is 9.45. The van der Waals surface area contributed by atoms with Crippen LogP contribution in [0.2, 0.25) is 0 Å². The van der Waals surface area contributed by atoms with Gasteiger partial charge >= 0.3 is 5.97 Å². The number of amides is 4. The van der Waals surface area contributed by atoms with Crippen molar-refractivity contribution >= 4 is 80.4 Å². The van der Waals surface area contributed by atoms with Gasteiger partial charge in [-0.1, -0.05) is 60.8 Å². The highest BCUT2D eigenvalue weighted by molar-refractivity contribution is 6.64. The molecule has 16 rings (SSSR count). The average Bonchev–Trinajstić information content (AvgIpc) is 1.62. The third-order valence-corrected chi connectivity index (χ3v) is 23.7. The number of carbonyl (C=O) groups excluding carboxylic acids is 6. The standard InChI is InChI=1S/2C22H28N8O.C12H23NO2.C11H19NO.C10H18N2O.C4H5ClO/c2*1-4-14-10-29(22(31)15-6-7-15)11-17(14)27-19-18-21(26-12-25-19)30(5-2)20(28-18)16-8-23-13(3)24-9-16;1-5-9-7-13-8-10(9)6-11(14)15-12(2,3)4;1-3-9-7-12(6-8(9)2)11(13)10-4-5-10;1-2-7-5-12(6-9(7)11)10(13)8-3-4-8;5-4(6)3-1-2-3/h2*8-9,12,14-15,17H,4-7,10-11H2,1-3H3,(H,25,26,27);9-10,13H,5-8H2,1-4H3;8-10H,3-7H2,1-2H3;7-9H,2-6,11H2,1H3;3H,1-2H2. The number of nitrogens with one attached hydrogen (secondary N) is 3. The number of anilines is 2. The predicted molar refractivity (Wildman–Crippen MR) is 422 cm³/mol. The number of esters is 1. The van der Waals surface area contributed by atoms with Gasteiger partial charge in [0.2, 0.25) is 28.9 Å². The Bertz CT molecular complexity index is 3850. The van der Waals surface area contributed by atoms with Crippen molar-refractivity contribution in [3.8, 4) is 22.8 Å². The summed E-state index contributed by atoms with van der Waals surface area (Å²) in [5.74, 6) is 11.2. The van der Waals surface area contributed by atoms with E-state index in [1.807, 2.05) is 49.3 Å². The van der Waals surface area contributed by atoms with Crippen molar-refractivity contribution < 1.29 is 33.5 Å². The molecule has 28 heteroatoms. The zero-order valence-electron chi connectivity index (χ0n) is 66.9. The molecule has 0 aromatic carbocycles. The molecule has 594 valence electrons. The molecule has 10 aliphatic rings. The molecule has 5 aliphatic heterocycles. The maximum atomic E-state index is 12.6. The van der Waals surface area contributed by atoms with Crippen LogP contribution in [0.1, 0.15) is 191 Å². The number of aryl methyl sites for hydroxylation is 4. The van der Waals surface area contributed by atoms with Crippen LogP contribution in [0.3, 0.4) is 0 Å². The lowest BCUT2D eigenvalue weighted by molar-refractivity contribution is -0.156. The van der Waals surface area contributed by atoms with Crippen molar-refractivity contribution in [1.29, 1.82) is 0 Å². The lowest BCUT2D eigenvalue weighted by atomic mass is 9.91. The van der Waals surface area contributed by atoms with Crippen LogP contribution in [0.4, 0.5) is 11.6 Å². The summed E-state index contributed by atoms with van der Waals surface area (Å²) in [6.07, 6.45) is 27.0. The number of aromatic nitrogens is 12. The first kappa shape index (κ1) is 82.1. The number of hydrogen-bond acceptors (Lipinski definition) is 21. The summed E-state index contributed by atoms with van der Waals surface area (Å²) in [7, 11) is 0. The highest BCUT2D eigenvalue weighted by atomic mass is 35.5. The molecular weight excluding hydrogens is 1400 g/mol. The molecule has 6 aromatic heterocycles. The molecule has 0 radical (unpaired) electrons. The Kier molecular flexibility index (Phi) is 27.8. The van der Waals surface area contributed by atoms with Gasteiger partial charge in [0.25, 0.3) is 0 Å². The molecule has 6 aromatic rings. The summed E-state index contributed by atoms with van der Waals surface area (Å²) in [6, 6.07) is 0.528. The summed E-state index contributed by atoms with van der Waals surface area (Å²) in [5, 5.41) is 10.4. The van der Waals surface area contributed by atoms with Gasteiger partial charge in [-0.2, -0.15) is 0 Å². The number of imidazole rings is 2. The third-order valence-electron chi connectivity index (χ3n) is 23.4. The molecule has 11 heterocycles. The SMILES string of the molecule is CCC1CN(C(=O)C2CC2)CC1C.CCC1CN(C(=O)C2CC2)CC1N.CCC1CN(C(=O)C2CC2)CC1Nc1ncnc2c1nc(-c1cnc(C)nc1)n2CC.CCC1CN(C(=O)C2CC2)CC1Nc1ncnc2c1nc(-c1cnc(C)nc1)n2CC.CCC1CNCC1CC(=O)OC(C)(C)C.O=C(Cl)C1CC1. The predicted octanol–water partition coefficient (Wildman–Crippen LogP) is 11.0. The van der Waals surface area contributed by atoms with Gasteiger partial charge < -0.3 is 55.2 Å². The first-order valence-corrected chi connectivity index (χ1v) is 41.3. The van der Waals surface area contributed by atoms with E-state index in [1.54, 1.807) is 37.4 Å². The number of nitrogens with zero attached hydrogens (tertiary/aromatic N) is 16. The number of fused-ring (bicyclic) bond motifs is 2. The Hall–Kier alpha value is -7.91. The van der Waals surface area contributed by atoms with Crippen LogP contribution in [0.15, 0.2) is 37.4 Å². The number of carbonyl (C=O) groups is 6. The molecule has 4 amide bonds. The van der Waals surface area contributed by atoms with Crippen LogP contribution in [0.25, 0.3) is 45.1 Å². The van der Waals surface area contributed by atoms with E-state index in [0.717, 1.165) is 230 Å². The molecular formula is C81H121ClN20O7. The van der Waals surface area contributed by atoms with Crippen LogP contribution in [-0.4, -0.2) is 203 Å². The highest BCUT2D eigenvalue weighted by Gasteiger charge is 2.44. The van der Waals surface area contributed by atoms with Gasteiger partial charge in [0.1, 0.15) is 41.6 Å². The Morgan fingerprint density at radius 2 is 0.853 bits per heavy atom. The van der Waals surface area contributed by atoms with E-state index in [-0.39, 0.29) is 52.7 Å². The lowest BCUT2D eigenvalue weighted by Gasteiger charge is -2.22. The Labute approximate surface area is 648 Å². The van der Waals surface area contributed by atoms with Crippen molar-refractivity contribution in [2.24, 2.45) is 76.7 Å². The fraction of sp³-hybridized carbons (Fsp3) is 0.704. The van der Waals surface area contributed by atoms with Crippen LogP contribution in [0.5, 0.6) is 0 Å². The minimum Gasteiger partial charge on any atom is -0.460 e. The zero-order chi connectivity index (χ0) is 78.0. The monoisotopic (exact) mass is 1520 g/mol. The first-order chi connectivity index (χ1) is 52.3. The van der Waals surface area contributed by atoms with Crippen molar-refractivity contribution in [3.63, 3.8) is 0 Å². The Morgan fingerprint density at radius 3 is 1.19 bits per heavy atom. The second kappa shape index (κ2) is 36.9. The Balaban J connectivity index is 0.000000140. The van der Waals surface area contributed by atoms with Crippen molar-refractivity contribution in [2.45, 2.75) is 230 Å². The van der Waals surface area contributed by atoms with Gasteiger partial charge in [0.05, 0.1) is 11.1 Å². The topological polar surface area (TPSA) is 325 Å². The average molecular weight is 1520 g/mol. The number of halogens is 1. The van der Waals surface area contributed by atoms with E-state index in [0.29, 0.717) is 90.5 Å². The summed E-state index contributed by atoms with van der Waals surface area (Å²) in [6.45, 7) is 37.0. The first-order valence-electron chi connectivity index (χ1n) is 40.9. The van der Waals surface area contributed by atoms with Gasteiger partial charge in [-0.25, -0.2) is 49.8 Å². The van der Waals surface area contributed by atoms with E-state index in [9.17, 15) is 28.8 Å². The molecule has 5 saturated heterocycles. The normalized spacial score (nSPS) is 24.9. The minimum atomic E-state index is -0.356. The van der Waals surface area contributed by atoms with Crippen molar-refractivity contribution in [1.82, 2.24) is 83.9 Å². The molecule has 27 nitrogen and oxygen atoms in total. The van der Waals surface area contributed by atoms with Crippen LogP contribution in [-0.2, 0) is 46.6 Å². The molecule has 5 N–H and O–H groups in total. The lowest BCUT2D eigenvalue weighted by Crippen LogP contribution is -2.33. The summed E-state index contributed by atoms with van der Waals surface area (Å²) >= 11 is 5.04. The molecule has 10 unspecified atom stereocenters. The zero-order valence-corrected chi connectivity index (χ0v) is 67.6. The van der Waals surface area contributed by atoms with E-state index in [2.05, 4.69) is 125 Å². The molecule has 0 spiro atoms. The van der Waals surface area contributed by atoms with Crippen LogP contribution in [0, 0.1) is 84.9 Å². The molecule has 5 saturated carbocycles. The third kappa shape index (κ3) is 21.4. The quantitative estimate of drug-likeness (QED) is 0.0407. The minimum absolute atomic E-state index is 0.0605. The number of rotatable bonds is 20. The molecule has 5 aliphatic carbocycles. The fourth-order valence-corrected chi connectivity index (χ4v) is 16.0. The molecule has 0 bridgehead atoms. The maximum absolute atomic E-state index is 12.6. The van der Waals surface area contributed by atoms with Gasteiger partial charge in [-0.15, -0.1) is 0 Å². The molecule has 10 fully saturated rings. The van der Waals surface area contributed by atoms with E-state index in [1.165, 1.54) is 6.42 Å². The molecule has 10 atom stereocenters. The number of likely N-dealkylation sites (tertiary alicyclic amines) is 4. The van der Waals surface area contributed by atoms with E-state index < -0.39 is 0 Å². The second-order valence-electron chi connectivity index (χ2n) is 33.0. The number of hydrogen-bond donors (Lipinski definition) is 4. The van der Waals surface area contributed by atoms with Gasteiger partial charge in [-0.05, 0) is 192 Å². The second-order valence-corrected chi connectivity index (χ2v) is 33.4. The summed E-state index contributed by atoms with van der Waals surface area (Å²) in [4.78, 5) is 123. The number of nitrogens with two attached hydrogens (primary N) is 1. The van der Waals surface area contributed by atoms with Gasteiger partial charge in [0, 0.05) is 144 Å². The van der Waals surface area contributed by atoms with Crippen LogP contribution >= 0.6 is 11.6 Å². The maximum Gasteiger partial charge on any atom is 0.306 e. The van der Waals surface area contributed by atoms with Crippen molar-refractivity contribution in [3.05, 3.63) is 49.1 Å². The van der Waals surface area contributed by atoms with E-state index >= 15 is 0 Å². The van der Waals surface area contributed by atoms with Gasteiger partial charge in [0.15, 0.2) is 34.0 Å². The van der Waals surface area contributed by atoms with E-state index in [4.69, 9.17) is 32.0 Å². The fourth-order valence-electron chi connectivity index (χ4n) is 15.8. The smallest absolute Gasteiger partial charge is 0.306 e. The highest BCUT2D eigenvalue weighted by Crippen LogP contribution is 2.40. The van der Waals surface area contributed by atoms with Crippen LogP contribution < -0.4 is 21.7 Å². The largest absolute Gasteiger partial charge is 0.460 e. The van der Waals surface area contributed by atoms with Gasteiger partial charge in [-0.3, -0.25) is 28.8 Å². The summed E-state index contributed by atoms with van der Waals surface area (Å²) in [5.41, 5.74) is 10.3.